The predicted molar refractivity (Wildman–Crippen MR) is 66.9 cm³/mol. The molecule has 0 heterocycles. The minimum Gasteiger partial charge on any atom is -0.462 e. The fourth-order valence-electron chi connectivity index (χ4n) is 1.16. The first-order valence-corrected chi connectivity index (χ1v) is 5.10. The molecule has 1 atom stereocenters. The lowest BCUT2D eigenvalue weighted by atomic mass is 10.1. The number of esters is 1. The molecule has 1 aromatic carbocycles. The van der Waals surface area contributed by atoms with E-state index in [1.54, 1.807) is 38.1 Å². The van der Waals surface area contributed by atoms with E-state index >= 15 is 0 Å². The van der Waals surface area contributed by atoms with E-state index in [0.717, 1.165) is 0 Å². The van der Waals surface area contributed by atoms with Crippen LogP contribution in [0.15, 0.2) is 24.3 Å². The Labute approximate surface area is 106 Å². The third-order valence-corrected chi connectivity index (χ3v) is 2.19. The number of carbonyl (C=O) groups is 1. The van der Waals surface area contributed by atoms with Gasteiger partial charge in [0, 0.05) is 5.02 Å². The zero-order valence-corrected chi connectivity index (χ0v) is 10.7. The van der Waals surface area contributed by atoms with Crippen molar-refractivity contribution in [3.8, 4) is 0 Å². The molecule has 16 heavy (non-hydrogen) atoms. The van der Waals surface area contributed by atoms with Crippen LogP contribution in [-0.2, 0) is 9.53 Å². The van der Waals surface area contributed by atoms with Crippen LogP contribution in [0, 0.1) is 0 Å². The van der Waals surface area contributed by atoms with Gasteiger partial charge in [0.1, 0.15) is 6.04 Å². The van der Waals surface area contributed by atoms with Crippen LogP contribution in [0.3, 0.4) is 0 Å². The summed E-state index contributed by atoms with van der Waals surface area (Å²) in [5.41, 5.74) is 6.32. The molecule has 0 bridgehead atoms. The molecule has 1 aromatic rings. The highest BCUT2D eigenvalue weighted by atomic mass is 35.5. The quantitative estimate of drug-likeness (QED) is 0.854. The summed E-state index contributed by atoms with van der Waals surface area (Å²) < 4.78 is 5.00. The van der Waals surface area contributed by atoms with Crippen molar-refractivity contribution in [2.75, 3.05) is 0 Å². The van der Waals surface area contributed by atoms with Crippen LogP contribution in [0.1, 0.15) is 25.5 Å². The molecule has 0 aliphatic rings. The number of ether oxygens (including phenoxy) is 1. The van der Waals surface area contributed by atoms with Crippen LogP contribution in [0.4, 0.5) is 0 Å². The Morgan fingerprint density at radius 3 is 2.44 bits per heavy atom. The summed E-state index contributed by atoms with van der Waals surface area (Å²) in [6.07, 6.45) is -0.175. The summed E-state index contributed by atoms with van der Waals surface area (Å²) in [4.78, 5) is 11.5. The standard InChI is InChI=1S/C11H14ClNO2.ClH/c1-7(2)15-11(14)10(13)8-5-3-4-6-9(8)12;/h3-7,10H,13H2,1-2H3;1H. The third-order valence-electron chi connectivity index (χ3n) is 1.85. The fourth-order valence-corrected chi connectivity index (χ4v) is 1.41. The van der Waals surface area contributed by atoms with Gasteiger partial charge >= 0.3 is 5.97 Å². The molecule has 0 aliphatic carbocycles. The molecule has 90 valence electrons. The molecule has 0 radical (unpaired) electrons. The molecule has 0 aromatic heterocycles. The van der Waals surface area contributed by atoms with Gasteiger partial charge in [-0.2, -0.15) is 0 Å². The van der Waals surface area contributed by atoms with Gasteiger partial charge in [0.25, 0.3) is 0 Å². The predicted octanol–water partition coefficient (Wildman–Crippen LogP) is 2.71. The van der Waals surface area contributed by atoms with Crippen molar-refractivity contribution in [1.82, 2.24) is 0 Å². The Morgan fingerprint density at radius 1 is 1.38 bits per heavy atom. The molecule has 0 aliphatic heterocycles. The van der Waals surface area contributed by atoms with Gasteiger partial charge in [-0.25, -0.2) is 4.79 Å². The van der Waals surface area contributed by atoms with E-state index in [9.17, 15) is 4.79 Å². The molecule has 2 N–H and O–H groups in total. The van der Waals surface area contributed by atoms with Crippen molar-refractivity contribution >= 4 is 30.0 Å². The lowest BCUT2D eigenvalue weighted by Crippen LogP contribution is -2.26. The van der Waals surface area contributed by atoms with Crippen LogP contribution in [-0.4, -0.2) is 12.1 Å². The van der Waals surface area contributed by atoms with Crippen molar-refractivity contribution in [3.05, 3.63) is 34.9 Å². The average molecular weight is 264 g/mol. The number of benzene rings is 1. The van der Waals surface area contributed by atoms with E-state index in [1.165, 1.54) is 0 Å². The highest BCUT2D eigenvalue weighted by Crippen LogP contribution is 2.21. The Kier molecular flexibility index (Phi) is 6.41. The van der Waals surface area contributed by atoms with E-state index in [2.05, 4.69) is 0 Å². The number of carbonyl (C=O) groups excluding carboxylic acids is 1. The first-order valence-electron chi connectivity index (χ1n) is 4.73. The Balaban J connectivity index is 0.00000225. The molecule has 0 fully saturated rings. The summed E-state index contributed by atoms with van der Waals surface area (Å²) in [5, 5.41) is 0.478. The minimum atomic E-state index is -0.818. The second-order valence-electron chi connectivity index (χ2n) is 3.48. The van der Waals surface area contributed by atoms with Crippen LogP contribution in [0.5, 0.6) is 0 Å². The molecule has 3 nitrogen and oxygen atoms in total. The second kappa shape index (κ2) is 6.74. The Morgan fingerprint density at radius 2 is 1.94 bits per heavy atom. The Hall–Kier alpha value is -0.770. The van der Waals surface area contributed by atoms with E-state index in [0.29, 0.717) is 10.6 Å². The van der Waals surface area contributed by atoms with Gasteiger partial charge in [-0.1, -0.05) is 29.8 Å². The third kappa shape index (κ3) is 4.00. The van der Waals surface area contributed by atoms with Crippen molar-refractivity contribution in [2.45, 2.75) is 26.0 Å². The highest BCUT2D eigenvalue weighted by Gasteiger charge is 2.20. The molecule has 0 spiro atoms. The van der Waals surface area contributed by atoms with Crippen molar-refractivity contribution in [3.63, 3.8) is 0 Å². The maximum Gasteiger partial charge on any atom is 0.327 e. The van der Waals surface area contributed by atoms with Crippen LogP contribution in [0.2, 0.25) is 5.02 Å². The summed E-state index contributed by atoms with van der Waals surface area (Å²) in [6, 6.07) is 6.16. The average Bonchev–Trinajstić information content (AvgIpc) is 2.16. The van der Waals surface area contributed by atoms with Gasteiger partial charge in [0.2, 0.25) is 0 Å². The van der Waals surface area contributed by atoms with Crippen LogP contribution >= 0.6 is 24.0 Å². The lowest BCUT2D eigenvalue weighted by molar-refractivity contribution is -0.149. The number of rotatable bonds is 3. The summed E-state index contributed by atoms with van der Waals surface area (Å²) in [5.74, 6) is -0.460. The van der Waals surface area contributed by atoms with E-state index in [1.807, 2.05) is 0 Å². The number of hydrogen-bond donors (Lipinski definition) is 1. The maximum absolute atomic E-state index is 11.5. The first-order chi connectivity index (χ1) is 7.02. The summed E-state index contributed by atoms with van der Waals surface area (Å²) in [7, 11) is 0. The SMILES string of the molecule is CC(C)OC(=O)C(N)c1ccccc1Cl.Cl. The largest absolute Gasteiger partial charge is 0.462 e. The van der Waals surface area contributed by atoms with Crippen molar-refractivity contribution < 1.29 is 9.53 Å². The molecule has 0 saturated heterocycles. The van der Waals surface area contributed by atoms with Crippen LogP contribution in [0.25, 0.3) is 0 Å². The molecule has 1 unspecified atom stereocenters. The van der Waals surface area contributed by atoms with E-state index in [-0.39, 0.29) is 18.5 Å². The molecule has 0 amide bonds. The smallest absolute Gasteiger partial charge is 0.327 e. The molecular formula is C11H15Cl2NO2. The van der Waals surface area contributed by atoms with E-state index < -0.39 is 12.0 Å². The first kappa shape index (κ1) is 15.2. The van der Waals surface area contributed by atoms with Crippen LogP contribution < -0.4 is 5.73 Å². The van der Waals surface area contributed by atoms with Gasteiger partial charge in [-0.05, 0) is 25.5 Å². The zero-order valence-electron chi connectivity index (χ0n) is 9.14. The number of hydrogen-bond acceptors (Lipinski definition) is 3. The van der Waals surface area contributed by atoms with Crippen molar-refractivity contribution in [1.29, 1.82) is 0 Å². The summed E-state index contributed by atoms with van der Waals surface area (Å²) >= 11 is 5.91. The van der Waals surface area contributed by atoms with Gasteiger partial charge in [-0.3, -0.25) is 0 Å². The maximum atomic E-state index is 11.5. The van der Waals surface area contributed by atoms with Gasteiger partial charge in [-0.15, -0.1) is 12.4 Å². The molecule has 5 heteroatoms. The molecule has 1 rings (SSSR count). The zero-order chi connectivity index (χ0) is 11.4. The topological polar surface area (TPSA) is 52.3 Å². The van der Waals surface area contributed by atoms with Crippen molar-refractivity contribution in [2.24, 2.45) is 5.73 Å². The Bertz CT molecular complexity index is 356. The van der Waals surface area contributed by atoms with Gasteiger partial charge in [0.05, 0.1) is 6.10 Å². The lowest BCUT2D eigenvalue weighted by Gasteiger charge is -2.14. The second-order valence-corrected chi connectivity index (χ2v) is 3.89. The molecular weight excluding hydrogens is 249 g/mol. The number of nitrogens with two attached hydrogens (primary N) is 1. The minimum absolute atomic E-state index is 0. The van der Waals surface area contributed by atoms with Gasteiger partial charge in [0.15, 0.2) is 0 Å². The van der Waals surface area contributed by atoms with E-state index in [4.69, 9.17) is 22.1 Å². The normalized spacial score (nSPS) is 11.8. The number of halogens is 2. The van der Waals surface area contributed by atoms with Gasteiger partial charge < -0.3 is 10.5 Å². The fraction of sp³-hybridized carbons (Fsp3) is 0.364. The monoisotopic (exact) mass is 263 g/mol. The summed E-state index contributed by atoms with van der Waals surface area (Å²) in [6.45, 7) is 3.55. The molecule has 0 saturated carbocycles. The highest BCUT2D eigenvalue weighted by molar-refractivity contribution is 6.31.